The van der Waals surface area contributed by atoms with E-state index in [9.17, 15) is 4.39 Å². The van der Waals surface area contributed by atoms with Crippen LogP contribution in [0.3, 0.4) is 0 Å². The molecule has 0 radical (unpaired) electrons. The highest BCUT2D eigenvalue weighted by molar-refractivity contribution is 8.01. The molecule has 0 amide bonds. The zero-order valence-corrected chi connectivity index (χ0v) is 17.3. The van der Waals surface area contributed by atoms with Gasteiger partial charge in [0.25, 0.3) is 0 Å². The summed E-state index contributed by atoms with van der Waals surface area (Å²) in [6.07, 6.45) is 8.68. The molecular weight excluding hydrogens is 375 g/mol. The lowest BCUT2D eigenvalue weighted by Gasteiger charge is -2.35. The van der Waals surface area contributed by atoms with Crippen LogP contribution in [0, 0.1) is 5.95 Å². The Morgan fingerprint density at radius 3 is 2.86 bits per heavy atom. The van der Waals surface area contributed by atoms with Gasteiger partial charge < -0.3 is 9.64 Å². The molecule has 2 aliphatic rings. The molecule has 2 aromatic heterocycles. The van der Waals surface area contributed by atoms with Crippen molar-refractivity contribution in [2.75, 3.05) is 37.2 Å². The van der Waals surface area contributed by atoms with Crippen LogP contribution >= 0.6 is 0 Å². The number of aromatic nitrogens is 2. The Bertz CT molecular complexity index is 1060. The number of pyridine rings is 2. The summed E-state index contributed by atoms with van der Waals surface area (Å²) in [5.74, 6) is 4.31. The summed E-state index contributed by atoms with van der Waals surface area (Å²) in [4.78, 5) is 11.1. The third-order valence-electron chi connectivity index (χ3n) is 4.81. The Kier molecular flexibility index (Phi) is 4.97. The molecule has 0 aromatic carbocycles. The summed E-state index contributed by atoms with van der Waals surface area (Å²) in [6, 6.07) is 5.73. The van der Waals surface area contributed by atoms with Crippen LogP contribution < -0.4 is 4.90 Å². The molecule has 1 saturated heterocycles. The molecule has 148 valence electrons. The van der Waals surface area contributed by atoms with E-state index in [1.807, 2.05) is 36.8 Å². The SMILES string of the molecule is C=S(C)(C)=Nc1cc(N2CCOC[C@H]2C)cc(-c2cc(F)nc3c2C=CC3)n1. The minimum Gasteiger partial charge on any atom is -0.377 e. The van der Waals surface area contributed by atoms with Crippen molar-refractivity contribution < 1.29 is 9.13 Å². The zero-order chi connectivity index (χ0) is 19.9. The van der Waals surface area contributed by atoms with Gasteiger partial charge >= 0.3 is 0 Å². The number of hydrogen-bond acceptors (Lipinski definition) is 5. The molecule has 4 rings (SSSR count). The number of anilines is 1. The van der Waals surface area contributed by atoms with Crippen LogP contribution in [0.1, 0.15) is 18.2 Å². The fourth-order valence-corrected chi connectivity index (χ4v) is 4.23. The predicted octanol–water partition coefficient (Wildman–Crippen LogP) is 3.74. The van der Waals surface area contributed by atoms with Crippen LogP contribution in [0.25, 0.3) is 17.3 Å². The monoisotopic (exact) mass is 400 g/mol. The van der Waals surface area contributed by atoms with E-state index in [2.05, 4.69) is 22.7 Å². The largest absolute Gasteiger partial charge is 0.377 e. The van der Waals surface area contributed by atoms with Gasteiger partial charge in [0.05, 0.1) is 24.6 Å². The lowest BCUT2D eigenvalue weighted by Crippen LogP contribution is -2.43. The molecule has 0 unspecified atom stereocenters. The third kappa shape index (κ3) is 3.95. The average molecular weight is 401 g/mol. The number of fused-ring (bicyclic) bond motifs is 1. The molecule has 1 aliphatic heterocycles. The van der Waals surface area contributed by atoms with Crippen molar-refractivity contribution in [2.24, 2.45) is 4.36 Å². The van der Waals surface area contributed by atoms with Gasteiger partial charge in [-0.15, -0.1) is 9.41 Å². The summed E-state index contributed by atoms with van der Waals surface area (Å²) in [7, 11) is -1.39. The minimum absolute atomic E-state index is 0.247. The quantitative estimate of drug-likeness (QED) is 0.582. The van der Waals surface area contributed by atoms with E-state index in [1.165, 1.54) is 6.07 Å². The molecule has 5 nitrogen and oxygen atoms in total. The number of rotatable bonds is 3. The van der Waals surface area contributed by atoms with Gasteiger partial charge in [-0.25, -0.2) is 14.3 Å². The molecule has 28 heavy (non-hydrogen) atoms. The number of halogens is 1. The molecule has 0 bridgehead atoms. The van der Waals surface area contributed by atoms with E-state index < -0.39 is 15.4 Å². The first-order valence-electron chi connectivity index (χ1n) is 9.32. The normalized spacial score (nSPS) is 19.0. The Labute approximate surface area is 165 Å². The summed E-state index contributed by atoms with van der Waals surface area (Å²) in [6.45, 7) is 4.30. The number of morpholine rings is 1. The van der Waals surface area contributed by atoms with Gasteiger partial charge in [0.2, 0.25) is 5.95 Å². The van der Waals surface area contributed by atoms with Gasteiger partial charge in [-0.2, -0.15) is 4.39 Å². The van der Waals surface area contributed by atoms with Crippen LogP contribution in [-0.2, 0) is 20.6 Å². The van der Waals surface area contributed by atoms with Crippen LogP contribution in [0.5, 0.6) is 0 Å². The molecular formula is C21H25FN4OS. The highest BCUT2D eigenvalue weighted by atomic mass is 32.2. The van der Waals surface area contributed by atoms with Crippen molar-refractivity contribution >= 4 is 32.9 Å². The third-order valence-corrected chi connectivity index (χ3v) is 5.50. The Morgan fingerprint density at radius 2 is 2.11 bits per heavy atom. The second kappa shape index (κ2) is 7.29. The highest BCUT2D eigenvalue weighted by Gasteiger charge is 2.22. The van der Waals surface area contributed by atoms with Crippen molar-refractivity contribution in [3.63, 3.8) is 0 Å². The Hall–Kier alpha value is -2.25. The second-order valence-corrected chi connectivity index (χ2v) is 10.9. The molecule has 1 atom stereocenters. The van der Waals surface area contributed by atoms with E-state index in [0.717, 1.165) is 29.1 Å². The first-order chi connectivity index (χ1) is 13.3. The fraction of sp³-hybridized carbons (Fsp3) is 0.381. The minimum atomic E-state index is -1.39. The van der Waals surface area contributed by atoms with Crippen molar-refractivity contribution in [1.29, 1.82) is 0 Å². The average Bonchev–Trinajstić information content (AvgIpc) is 3.08. The molecule has 0 saturated carbocycles. The maximum absolute atomic E-state index is 14.2. The number of hydrogen-bond donors (Lipinski definition) is 0. The van der Waals surface area contributed by atoms with Crippen LogP contribution in [0.15, 0.2) is 28.6 Å². The smallest absolute Gasteiger partial charge is 0.213 e. The highest BCUT2D eigenvalue weighted by Crippen LogP contribution is 2.34. The summed E-state index contributed by atoms with van der Waals surface area (Å²) >= 11 is 0. The molecule has 3 heterocycles. The molecule has 1 fully saturated rings. The van der Waals surface area contributed by atoms with E-state index in [1.54, 1.807) is 0 Å². The topological polar surface area (TPSA) is 50.6 Å². The van der Waals surface area contributed by atoms with Crippen LogP contribution in [0.2, 0.25) is 0 Å². The lowest BCUT2D eigenvalue weighted by molar-refractivity contribution is 0.0989. The van der Waals surface area contributed by atoms with Gasteiger partial charge in [0, 0.05) is 48.0 Å². The first kappa shape index (κ1) is 19.1. The van der Waals surface area contributed by atoms with Gasteiger partial charge in [0.1, 0.15) is 0 Å². The van der Waals surface area contributed by atoms with E-state index in [4.69, 9.17) is 14.1 Å². The molecule has 2 aromatic rings. The van der Waals surface area contributed by atoms with Crippen molar-refractivity contribution in [1.82, 2.24) is 9.97 Å². The Morgan fingerprint density at radius 1 is 1.29 bits per heavy atom. The van der Waals surface area contributed by atoms with Crippen LogP contribution in [0.4, 0.5) is 15.9 Å². The van der Waals surface area contributed by atoms with Crippen molar-refractivity contribution in [3.05, 3.63) is 41.5 Å². The maximum Gasteiger partial charge on any atom is 0.213 e. The predicted molar refractivity (Wildman–Crippen MR) is 116 cm³/mol. The zero-order valence-electron chi connectivity index (χ0n) is 16.5. The molecule has 1 aliphatic carbocycles. The van der Waals surface area contributed by atoms with Gasteiger partial charge in [-0.3, -0.25) is 0 Å². The molecule has 0 spiro atoms. The maximum atomic E-state index is 14.2. The standard InChI is InChI=1S/C21H25FN4OS/c1-14-13-27-9-8-26(14)15-10-19(24-21(11-15)25-28(2,3)4)17-12-20(22)23-18-7-5-6-16(17)18/h5-6,10-12,14H,2,7-9,13H2,1,3-4H3/t14-/m1/s1. The summed E-state index contributed by atoms with van der Waals surface area (Å²) in [5.41, 5.74) is 4.18. The first-order valence-corrected chi connectivity index (χ1v) is 11.9. The summed E-state index contributed by atoms with van der Waals surface area (Å²) in [5, 5.41) is 0. The van der Waals surface area contributed by atoms with E-state index in [-0.39, 0.29) is 6.04 Å². The van der Waals surface area contributed by atoms with Gasteiger partial charge in [-0.05, 0) is 25.5 Å². The number of allylic oxidation sites excluding steroid dienone is 1. The van der Waals surface area contributed by atoms with Crippen molar-refractivity contribution in [3.8, 4) is 11.3 Å². The molecule has 7 heteroatoms. The number of ether oxygens (including phenoxy) is 1. The van der Waals surface area contributed by atoms with Gasteiger partial charge in [0.15, 0.2) is 5.82 Å². The Balaban J connectivity index is 1.90. The summed E-state index contributed by atoms with van der Waals surface area (Å²) < 4.78 is 24.5. The number of nitrogens with zero attached hydrogens (tertiary/aromatic N) is 4. The second-order valence-electron chi connectivity index (χ2n) is 7.72. The van der Waals surface area contributed by atoms with Gasteiger partial charge in [-0.1, -0.05) is 18.0 Å². The van der Waals surface area contributed by atoms with E-state index in [0.29, 0.717) is 31.1 Å². The lowest BCUT2D eigenvalue weighted by atomic mass is 10.0. The fourth-order valence-electron chi connectivity index (χ4n) is 3.63. The van der Waals surface area contributed by atoms with E-state index >= 15 is 0 Å². The van der Waals surface area contributed by atoms with Crippen molar-refractivity contribution in [2.45, 2.75) is 19.4 Å². The molecule has 0 N–H and O–H groups in total. The van der Waals surface area contributed by atoms with Crippen LogP contribution in [-0.4, -0.2) is 54.2 Å².